The Bertz CT molecular complexity index is 1190. The number of esters is 1. The summed E-state index contributed by atoms with van der Waals surface area (Å²) in [7, 11) is 2.63. The molecule has 1 N–H and O–H groups in total. The van der Waals surface area contributed by atoms with Crippen molar-refractivity contribution in [3.05, 3.63) is 59.2 Å². The van der Waals surface area contributed by atoms with Crippen molar-refractivity contribution in [1.82, 2.24) is 20.2 Å². The van der Waals surface area contributed by atoms with E-state index in [1.807, 2.05) is 19.1 Å². The van der Waals surface area contributed by atoms with Crippen molar-refractivity contribution in [2.75, 3.05) is 14.2 Å². The molecule has 0 spiro atoms. The smallest absolute Gasteiger partial charge is 0.353 e. The standard InChI is InChI=1S/C21H19N5O5/c1-11-4-6-12(7-5-11)19(28)16-17(20(29)31-3)22-21-23-24-25-26(21)18(16)13-8-9-14(27)15(10-13)30-2/h4-10,16,18,27H,1-3H3. The summed E-state index contributed by atoms with van der Waals surface area (Å²) in [6, 6.07) is 10.8. The van der Waals surface area contributed by atoms with Gasteiger partial charge in [-0.05, 0) is 35.0 Å². The molecule has 1 aliphatic heterocycles. The maximum Gasteiger partial charge on any atom is 0.353 e. The van der Waals surface area contributed by atoms with Crippen LogP contribution in [0.2, 0.25) is 0 Å². The van der Waals surface area contributed by atoms with E-state index in [0.29, 0.717) is 11.1 Å². The Morgan fingerprint density at radius 1 is 1.10 bits per heavy atom. The third kappa shape index (κ3) is 3.52. The van der Waals surface area contributed by atoms with Crippen molar-refractivity contribution in [2.45, 2.75) is 13.0 Å². The Morgan fingerprint density at radius 3 is 2.52 bits per heavy atom. The van der Waals surface area contributed by atoms with Crippen molar-refractivity contribution in [1.29, 1.82) is 0 Å². The number of Topliss-reactive ketones (excluding diaryl/α,β-unsaturated/α-hetero) is 1. The molecule has 1 aromatic heterocycles. The highest BCUT2D eigenvalue weighted by Gasteiger charge is 2.44. The number of aromatic hydroxyl groups is 1. The van der Waals surface area contributed by atoms with E-state index in [1.54, 1.807) is 24.3 Å². The van der Waals surface area contributed by atoms with E-state index in [2.05, 4.69) is 20.5 Å². The number of phenols is 1. The Kier molecular flexibility index (Phi) is 5.20. The van der Waals surface area contributed by atoms with Crippen LogP contribution in [0.1, 0.15) is 27.5 Å². The highest BCUT2D eigenvalue weighted by molar-refractivity contribution is 6.42. The number of tetrazole rings is 1. The molecule has 2 aromatic carbocycles. The van der Waals surface area contributed by atoms with E-state index < -0.39 is 17.9 Å². The lowest BCUT2D eigenvalue weighted by molar-refractivity contribution is -0.133. The minimum absolute atomic E-state index is 0.0606. The van der Waals surface area contributed by atoms with Crippen molar-refractivity contribution in [2.24, 2.45) is 10.9 Å². The predicted molar refractivity (Wildman–Crippen MR) is 109 cm³/mol. The van der Waals surface area contributed by atoms with E-state index in [-0.39, 0.29) is 28.9 Å². The van der Waals surface area contributed by atoms with Crippen LogP contribution in [0, 0.1) is 12.8 Å². The molecule has 10 nitrogen and oxygen atoms in total. The molecule has 4 rings (SSSR count). The summed E-state index contributed by atoms with van der Waals surface area (Å²) in [5.41, 5.74) is 1.83. The van der Waals surface area contributed by atoms with Crippen LogP contribution >= 0.6 is 0 Å². The molecule has 2 heterocycles. The number of hydrogen-bond acceptors (Lipinski definition) is 9. The van der Waals surface area contributed by atoms with Crippen LogP contribution in [0.4, 0.5) is 5.95 Å². The van der Waals surface area contributed by atoms with E-state index in [9.17, 15) is 14.7 Å². The fourth-order valence-electron chi connectivity index (χ4n) is 3.56. The Balaban J connectivity index is 1.92. The van der Waals surface area contributed by atoms with E-state index in [1.165, 1.54) is 25.0 Å². The fraction of sp³-hybridized carbons (Fsp3) is 0.238. The van der Waals surface area contributed by atoms with Gasteiger partial charge in [0.05, 0.1) is 26.2 Å². The Hall–Kier alpha value is -4.08. The van der Waals surface area contributed by atoms with Crippen LogP contribution in [0.3, 0.4) is 0 Å². The number of phenolic OH excluding ortho intramolecular Hbond substituents is 1. The van der Waals surface area contributed by atoms with Crippen molar-refractivity contribution >= 4 is 23.4 Å². The van der Waals surface area contributed by atoms with Crippen LogP contribution in [0.5, 0.6) is 11.5 Å². The molecule has 0 amide bonds. The average molecular weight is 421 g/mol. The van der Waals surface area contributed by atoms with Crippen molar-refractivity contribution in [3.63, 3.8) is 0 Å². The van der Waals surface area contributed by atoms with Gasteiger partial charge < -0.3 is 14.6 Å². The number of nitrogens with zero attached hydrogens (tertiary/aromatic N) is 5. The number of methoxy groups -OCH3 is 2. The number of ether oxygens (including phenoxy) is 2. The average Bonchev–Trinajstić information content (AvgIpc) is 3.26. The van der Waals surface area contributed by atoms with Gasteiger partial charge in [-0.15, -0.1) is 0 Å². The molecule has 2 unspecified atom stereocenters. The number of aromatic nitrogens is 4. The van der Waals surface area contributed by atoms with Gasteiger partial charge in [0, 0.05) is 5.56 Å². The summed E-state index contributed by atoms with van der Waals surface area (Å²) in [6.07, 6.45) is 0. The topological polar surface area (TPSA) is 129 Å². The third-order valence-electron chi connectivity index (χ3n) is 5.13. The molecular formula is C21H19N5O5. The van der Waals surface area contributed by atoms with Crippen LogP contribution in [0.25, 0.3) is 0 Å². The van der Waals surface area contributed by atoms with Crippen molar-refractivity contribution in [3.8, 4) is 11.5 Å². The van der Waals surface area contributed by atoms with Gasteiger partial charge in [0.25, 0.3) is 5.95 Å². The summed E-state index contributed by atoms with van der Waals surface area (Å²) in [6.45, 7) is 1.91. The molecule has 0 radical (unpaired) electrons. The largest absolute Gasteiger partial charge is 0.504 e. The van der Waals surface area contributed by atoms with Crippen LogP contribution < -0.4 is 4.74 Å². The first kappa shape index (κ1) is 20.2. The molecule has 2 atom stereocenters. The quantitative estimate of drug-likeness (QED) is 0.489. The maximum atomic E-state index is 13.6. The summed E-state index contributed by atoms with van der Waals surface area (Å²) in [5, 5.41) is 21.5. The molecule has 1 aliphatic rings. The molecule has 0 saturated heterocycles. The zero-order valence-corrected chi connectivity index (χ0v) is 17.0. The second-order valence-electron chi connectivity index (χ2n) is 7.00. The van der Waals surface area contributed by atoms with Crippen LogP contribution in [-0.4, -0.2) is 57.0 Å². The number of aryl methyl sites for hydroxylation is 1. The molecular weight excluding hydrogens is 402 g/mol. The number of hydrogen-bond donors (Lipinski definition) is 1. The molecule has 0 aliphatic carbocycles. The first-order valence-corrected chi connectivity index (χ1v) is 9.37. The number of fused-ring (bicyclic) bond motifs is 1. The third-order valence-corrected chi connectivity index (χ3v) is 5.13. The molecule has 3 aromatic rings. The lowest BCUT2D eigenvalue weighted by atomic mass is 9.82. The fourth-order valence-corrected chi connectivity index (χ4v) is 3.56. The van der Waals surface area contributed by atoms with Gasteiger partial charge in [-0.2, -0.15) is 0 Å². The molecule has 31 heavy (non-hydrogen) atoms. The Labute approximate surface area is 177 Å². The summed E-state index contributed by atoms with van der Waals surface area (Å²) >= 11 is 0. The van der Waals surface area contributed by atoms with E-state index in [4.69, 9.17) is 9.47 Å². The molecule has 0 bridgehead atoms. The normalized spacial score (nSPS) is 17.5. The SMILES string of the molecule is COC(=O)C1=Nc2nnnn2C(c2ccc(O)c(OC)c2)C1C(=O)c1ccc(C)cc1. The second kappa shape index (κ2) is 7.98. The zero-order chi connectivity index (χ0) is 22.1. The Morgan fingerprint density at radius 2 is 1.84 bits per heavy atom. The number of carbonyl (C=O) groups excluding carboxylic acids is 2. The van der Waals surface area contributed by atoms with E-state index in [0.717, 1.165) is 5.56 Å². The number of rotatable bonds is 5. The van der Waals surface area contributed by atoms with Crippen molar-refractivity contribution < 1.29 is 24.2 Å². The van der Waals surface area contributed by atoms with Gasteiger partial charge in [0.2, 0.25) is 0 Å². The first-order valence-electron chi connectivity index (χ1n) is 9.37. The van der Waals surface area contributed by atoms with E-state index >= 15 is 0 Å². The van der Waals surface area contributed by atoms with Gasteiger partial charge in [-0.3, -0.25) is 4.79 Å². The monoisotopic (exact) mass is 421 g/mol. The zero-order valence-electron chi connectivity index (χ0n) is 17.0. The number of benzene rings is 2. The molecule has 158 valence electrons. The van der Waals surface area contributed by atoms with Gasteiger partial charge >= 0.3 is 5.97 Å². The number of carbonyl (C=O) groups is 2. The highest BCUT2D eigenvalue weighted by Crippen LogP contribution is 2.39. The van der Waals surface area contributed by atoms with Crippen LogP contribution in [-0.2, 0) is 9.53 Å². The minimum Gasteiger partial charge on any atom is -0.504 e. The maximum absolute atomic E-state index is 13.6. The van der Waals surface area contributed by atoms with Gasteiger partial charge in [-0.1, -0.05) is 41.0 Å². The summed E-state index contributed by atoms with van der Waals surface area (Å²) in [4.78, 5) is 30.5. The molecule has 10 heteroatoms. The van der Waals surface area contributed by atoms with Gasteiger partial charge in [-0.25, -0.2) is 14.5 Å². The number of ketones is 1. The lowest BCUT2D eigenvalue weighted by Gasteiger charge is -2.30. The predicted octanol–water partition coefficient (Wildman–Crippen LogP) is 2.04. The summed E-state index contributed by atoms with van der Waals surface area (Å²) < 4.78 is 11.5. The summed E-state index contributed by atoms with van der Waals surface area (Å²) in [5.74, 6) is -1.97. The minimum atomic E-state index is -1.07. The second-order valence-corrected chi connectivity index (χ2v) is 7.00. The highest BCUT2D eigenvalue weighted by atomic mass is 16.5. The lowest BCUT2D eigenvalue weighted by Crippen LogP contribution is -2.41. The van der Waals surface area contributed by atoms with Gasteiger partial charge in [0.1, 0.15) is 5.71 Å². The first-order chi connectivity index (χ1) is 14.9. The molecule has 0 saturated carbocycles. The molecule has 0 fully saturated rings. The number of aliphatic imine (C=N–C) groups is 1. The van der Waals surface area contributed by atoms with Crippen LogP contribution in [0.15, 0.2) is 47.5 Å². The van der Waals surface area contributed by atoms with Gasteiger partial charge in [0.15, 0.2) is 17.3 Å².